The van der Waals surface area contributed by atoms with Crippen LogP contribution in [0.2, 0.25) is 0 Å². The molecule has 0 unspecified atom stereocenters. The van der Waals surface area contributed by atoms with Crippen LogP contribution in [0.25, 0.3) is 0 Å². The van der Waals surface area contributed by atoms with E-state index in [4.69, 9.17) is 0 Å². The Bertz CT molecular complexity index is 370. The Morgan fingerprint density at radius 2 is 1.47 bits per heavy atom. The molecule has 0 amide bonds. The number of halogens is 6. The maximum absolute atomic E-state index is 12.3. The molecule has 0 N–H and O–H groups in total. The summed E-state index contributed by atoms with van der Waals surface area (Å²) in [7, 11) is 0.936. The second-order valence-electron chi connectivity index (χ2n) is 3.12. The van der Waals surface area contributed by atoms with Gasteiger partial charge in [-0.15, -0.1) is 0 Å². The van der Waals surface area contributed by atoms with E-state index in [1.165, 1.54) is 0 Å². The van der Waals surface area contributed by atoms with E-state index < -0.39 is 29.2 Å². The summed E-state index contributed by atoms with van der Waals surface area (Å²) in [6.45, 7) is 0.811. The minimum absolute atomic E-state index is 0.443. The maximum atomic E-state index is 12.3. The lowest BCUT2D eigenvalue weighted by molar-refractivity contribution is -0.144. The van der Waals surface area contributed by atoms with E-state index in [-0.39, 0.29) is 0 Å². The van der Waals surface area contributed by atoms with Crippen molar-refractivity contribution in [2.45, 2.75) is 19.3 Å². The molecule has 0 spiro atoms. The Morgan fingerprint density at radius 1 is 1.00 bits per heavy atom. The first-order chi connectivity index (χ1) is 6.55. The number of aromatic nitrogens is 1. The number of hydrogen-bond acceptors (Lipinski definition) is 0. The molecular formula is C8H7F6N. The van der Waals surface area contributed by atoms with Gasteiger partial charge in [0, 0.05) is 13.2 Å². The van der Waals surface area contributed by atoms with Gasteiger partial charge in [-0.3, -0.25) is 0 Å². The van der Waals surface area contributed by atoms with Gasteiger partial charge in [-0.1, -0.05) is 0 Å². The zero-order valence-electron chi connectivity index (χ0n) is 7.79. The first-order valence-electron chi connectivity index (χ1n) is 3.85. The van der Waals surface area contributed by atoms with Crippen LogP contribution in [-0.2, 0) is 19.4 Å². The Kier molecular flexibility index (Phi) is 2.53. The minimum Gasteiger partial charge on any atom is -0.346 e. The Labute approximate surface area is 81.3 Å². The molecule has 0 fully saturated rings. The minimum atomic E-state index is -4.78. The van der Waals surface area contributed by atoms with Gasteiger partial charge in [0.25, 0.3) is 0 Å². The summed E-state index contributed by atoms with van der Waals surface area (Å²) in [6, 6.07) is 0. The molecule has 0 aromatic carbocycles. The summed E-state index contributed by atoms with van der Waals surface area (Å²) in [5.41, 5.74) is -3.32. The van der Waals surface area contributed by atoms with Crippen LogP contribution in [0.3, 0.4) is 0 Å². The molecule has 0 atom stereocenters. The second kappa shape index (κ2) is 3.18. The van der Waals surface area contributed by atoms with Gasteiger partial charge in [-0.2, -0.15) is 26.3 Å². The standard InChI is InChI=1S/C8H7F6N/c1-4-5(7(9,10)11)3-15(2)6(4)8(12,13)14/h3H,1-2H3. The van der Waals surface area contributed by atoms with E-state index in [1.54, 1.807) is 0 Å². The lowest BCUT2D eigenvalue weighted by atomic mass is 10.1. The molecule has 0 radical (unpaired) electrons. The normalized spacial score (nSPS) is 13.3. The molecule has 0 saturated carbocycles. The molecule has 1 nitrogen and oxygen atoms in total. The van der Waals surface area contributed by atoms with Crippen LogP contribution >= 0.6 is 0 Å². The van der Waals surface area contributed by atoms with Crippen molar-refractivity contribution < 1.29 is 26.3 Å². The zero-order chi connectivity index (χ0) is 12.0. The monoisotopic (exact) mass is 231 g/mol. The summed E-state index contributed by atoms with van der Waals surface area (Å²) in [4.78, 5) is 0. The van der Waals surface area contributed by atoms with Crippen molar-refractivity contribution in [3.63, 3.8) is 0 Å². The highest BCUT2D eigenvalue weighted by atomic mass is 19.4. The quantitative estimate of drug-likeness (QED) is 0.603. The van der Waals surface area contributed by atoms with Gasteiger partial charge in [-0.05, 0) is 12.5 Å². The largest absolute Gasteiger partial charge is 0.431 e. The Hall–Kier alpha value is -1.14. The fourth-order valence-electron chi connectivity index (χ4n) is 1.45. The highest BCUT2D eigenvalue weighted by Crippen LogP contribution is 2.39. The van der Waals surface area contributed by atoms with Crippen LogP contribution in [0.1, 0.15) is 16.8 Å². The average molecular weight is 231 g/mol. The van der Waals surface area contributed by atoms with Crippen molar-refractivity contribution in [2.24, 2.45) is 7.05 Å². The number of aryl methyl sites for hydroxylation is 1. The van der Waals surface area contributed by atoms with E-state index >= 15 is 0 Å². The summed E-state index contributed by atoms with van der Waals surface area (Å²) in [5.74, 6) is 0. The van der Waals surface area contributed by atoms with Crippen LogP contribution in [-0.4, -0.2) is 4.57 Å². The molecule has 86 valence electrons. The molecule has 0 saturated heterocycles. The van der Waals surface area contributed by atoms with Crippen molar-refractivity contribution in [3.8, 4) is 0 Å². The van der Waals surface area contributed by atoms with Gasteiger partial charge >= 0.3 is 12.4 Å². The fraction of sp³-hybridized carbons (Fsp3) is 0.500. The average Bonchev–Trinajstić information content (AvgIpc) is 2.22. The molecule has 7 heteroatoms. The van der Waals surface area contributed by atoms with Crippen LogP contribution in [0.15, 0.2) is 6.20 Å². The molecule has 15 heavy (non-hydrogen) atoms. The Balaban J connectivity index is 3.41. The molecule has 0 aliphatic carbocycles. The highest BCUT2D eigenvalue weighted by Gasteiger charge is 2.42. The second-order valence-corrected chi connectivity index (χ2v) is 3.12. The lowest BCUT2D eigenvalue weighted by Gasteiger charge is -2.09. The van der Waals surface area contributed by atoms with Crippen molar-refractivity contribution in [1.29, 1.82) is 0 Å². The lowest BCUT2D eigenvalue weighted by Crippen LogP contribution is -2.12. The van der Waals surface area contributed by atoms with Crippen molar-refractivity contribution >= 4 is 0 Å². The number of hydrogen-bond donors (Lipinski definition) is 0. The van der Waals surface area contributed by atoms with Crippen LogP contribution < -0.4 is 0 Å². The van der Waals surface area contributed by atoms with E-state index in [0.29, 0.717) is 10.8 Å². The van der Waals surface area contributed by atoms with Crippen molar-refractivity contribution in [3.05, 3.63) is 23.0 Å². The third-order valence-corrected chi connectivity index (χ3v) is 2.01. The van der Waals surface area contributed by atoms with E-state index in [2.05, 4.69) is 0 Å². The molecule has 0 aliphatic heterocycles. The smallest absolute Gasteiger partial charge is 0.346 e. The predicted octanol–water partition coefficient (Wildman–Crippen LogP) is 3.37. The van der Waals surface area contributed by atoms with Crippen molar-refractivity contribution in [1.82, 2.24) is 4.57 Å². The van der Waals surface area contributed by atoms with Crippen LogP contribution in [0.5, 0.6) is 0 Å². The van der Waals surface area contributed by atoms with E-state index in [0.717, 1.165) is 14.0 Å². The van der Waals surface area contributed by atoms with Gasteiger partial charge in [0.1, 0.15) is 5.69 Å². The van der Waals surface area contributed by atoms with E-state index in [1.807, 2.05) is 0 Å². The van der Waals surface area contributed by atoms with Crippen LogP contribution in [0.4, 0.5) is 26.3 Å². The van der Waals surface area contributed by atoms with Crippen LogP contribution in [0, 0.1) is 6.92 Å². The number of rotatable bonds is 0. The molecule has 0 aliphatic rings. The predicted molar refractivity (Wildman–Crippen MR) is 40.2 cm³/mol. The first kappa shape index (κ1) is 11.9. The maximum Gasteiger partial charge on any atom is 0.431 e. The number of nitrogens with zero attached hydrogens (tertiary/aromatic N) is 1. The molecule has 1 rings (SSSR count). The molecular weight excluding hydrogens is 224 g/mol. The fourth-order valence-corrected chi connectivity index (χ4v) is 1.45. The van der Waals surface area contributed by atoms with Gasteiger partial charge in [0.15, 0.2) is 0 Å². The third-order valence-electron chi connectivity index (χ3n) is 2.01. The van der Waals surface area contributed by atoms with Crippen molar-refractivity contribution in [2.75, 3.05) is 0 Å². The summed E-state index contributed by atoms with van der Waals surface area (Å²) < 4.78 is 74.2. The van der Waals surface area contributed by atoms with Gasteiger partial charge < -0.3 is 4.57 Å². The van der Waals surface area contributed by atoms with Gasteiger partial charge in [-0.25, -0.2) is 0 Å². The topological polar surface area (TPSA) is 4.93 Å². The number of alkyl halides is 6. The van der Waals surface area contributed by atoms with Gasteiger partial charge in [0.05, 0.1) is 5.56 Å². The SMILES string of the molecule is Cc1c(C(F)(F)F)cn(C)c1C(F)(F)F. The van der Waals surface area contributed by atoms with Gasteiger partial charge in [0.2, 0.25) is 0 Å². The Morgan fingerprint density at radius 3 is 1.67 bits per heavy atom. The first-order valence-corrected chi connectivity index (χ1v) is 3.85. The molecule has 1 heterocycles. The molecule has 1 aromatic heterocycles. The molecule has 1 aromatic rings. The summed E-state index contributed by atoms with van der Waals surface area (Å²) >= 11 is 0. The summed E-state index contributed by atoms with van der Waals surface area (Å²) in [5, 5.41) is 0. The summed E-state index contributed by atoms with van der Waals surface area (Å²) in [6.07, 6.45) is -9.09. The highest BCUT2D eigenvalue weighted by molar-refractivity contribution is 5.34. The van der Waals surface area contributed by atoms with E-state index in [9.17, 15) is 26.3 Å². The molecule has 0 bridgehead atoms. The third kappa shape index (κ3) is 2.10. The zero-order valence-corrected chi connectivity index (χ0v) is 7.79.